The van der Waals surface area contributed by atoms with E-state index in [2.05, 4.69) is 10.5 Å². The Morgan fingerprint density at radius 1 is 0.811 bits per heavy atom. The van der Waals surface area contributed by atoms with Crippen LogP contribution in [0.5, 0.6) is 11.5 Å². The predicted octanol–water partition coefficient (Wildman–Crippen LogP) is 5.58. The molecule has 4 aromatic carbocycles. The number of non-ortho nitro benzene ring substituents is 1. The van der Waals surface area contributed by atoms with Crippen LogP contribution in [-0.4, -0.2) is 22.0 Å². The average Bonchev–Trinajstić information content (AvgIpc) is 2.91. The summed E-state index contributed by atoms with van der Waals surface area (Å²) in [6, 6.07) is 28.4. The smallest absolute Gasteiger partial charge is 0.318 e. The lowest BCUT2D eigenvalue weighted by atomic mass is 9.91. The summed E-state index contributed by atoms with van der Waals surface area (Å²) in [7, 11) is 0. The topological polar surface area (TPSA) is 137 Å². The lowest BCUT2D eigenvalue weighted by Gasteiger charge is -2.16. The summed E-state index contributed by atoms with van der Waals surface area (Å²) in [6.45, 7) is 0. The third kappa shape index (κ3) is 6.20. The molecule has 184 valence electrons. The molecule has 37 heavy (non-hydrogen) atoms. The van der Waals surface area contributed by atoms with Crippen molar-refractivity contribution < 1.29 is 19.4 Å². The number of carbonyl (C=O) groups excluding carboxylic acids is 1. The standard InChI is InChI=1S/C27H20N4O6/c32-27(26(20-7-3-1-4-8-20)21-9-5-2-6-10-21)29-28-18-19-11-14-23(15-12-19)37-25-16-13-22(30(33)34)17-24(25)31(35)36/h1-18,26H,(H,29,32)/b28-18+. The number of hydrogen-bond donors (Lipinski definition) is 1. The first-order valence-electron chi connectivity index (χ1n) is 11.1. The first kappa shape index (κ1) is 24.7. The molecule has 10 heteroatoms. The number of rotatable bonds is 9. The molecule has 0 atom stereocenters. The fourth-order valence-electron chi connectivity index (χ4n) is 3.62. The minimum Gasteiger partial charge on any atom is -0.450 e. The fourth-order valence-corrected chi connectivity index (χ4v) is 3.62. The van der Waals surface area contributed by atoms with Gasteiger partial charge in [0.05, 0.1) is 28.0 Å². The van der Waals surface area contributed by atoms with Gasteiger partial charge in [0.1, 0.15) is 5.75 Å². The zero-order valence-corrected chi connectivity index (χ0v) is 19.3. The van der Waals surface area contributed by atoms with Gasteiger partial charge in [-0.15, -0.1) is 0 Å². The Morgan fingerprint density at radius 3 is 1.95 bits per heavy atom. The number of carbonyl (C=O) groups is 1. The molecule has 0 heterocycles. The summed E-state index contributed by atoms with van der Waals surface area (Å²) in [6.07, 6.45) is 1.46. The van der Waals surface area contributed by atoms with Gasteiger partial charge in [-0.05, 0) is 47.0 Å². The molecule has 0 aliphatic heterocycles. The molecule has 1 amide bonds. The maximum absolute atomic E-state index is 13.0. The monoisotopic (exact) mass is 496 g/mol. The Balaban J connectivity index is 1.44. The number of nitro benzene ring substituents is 2. The van der Waals surface area contributed by atoms with Crippen LogP contribution in [0.25, 0.3) is 0 Å². The number of nitrogens with one attached hydrogen (secondary N) is 1. The molecular weight excluding hydrogens is 476 g/mol. The fraction of sp³-hybridized carbons (Fsp3) is 0.0370. The van der Waals surface area contributed by atoms with Crippen LogP contribution in [0.2, 0.25) is 0 Å². The van der Waals surface area contributed by atoms with E-state index in [9.17, 15) is 25.0 Å². The van der Waals surface area contributed by atoms with Crippen molar-refractivity contribution in [1.29, 1.82) is 0 Å². The van der Waals surface area contributed by atoms with E-state index in [0.717, 1.165) is 23.3 Å². The summed E-state index contributed by atoms with van der Waals surface area (Å²) in [5.74, 6) is -0.671. The van der Waals surface area contributed by atoms with Gasteiger partial charge in [-0.3, -0.25) is 25.0 Å². The third-order valence-electron chi connectivity index (χ3n) is 5.37. The number of ether oxygens (including phenoxy) is 1. The molecule has 0 aliphatic carbocycles. The van der Waals surface area contributed by atoms with Gasteiger partial charge in [0, 0.05) is 6.07 Å². The largest absolute Gasteiger partial charge is 0.450 e. The quantitative estimate of drug-likeness (QED) is 0.182. The Labute approximate surface area is 211 Å². The Bertz CT molecular complexity index is 1400. The van der Waals surface area contributed by atoms with Crippen LogP contribution < -0.4 is 10.2 Å². The van der Waals surface area contributed by atoms with Crippen molar-refractivity contribution >= 4 is 23.5 Å². The number of nitro groups is 2. The second kappa shape index (κ2) is 11.4. The molecule has 0 fully saturated rings. The van der Waals surface area contributed by atoms with Gasteiger partial charge >= 0.3 is 5.69 Å². The first-order valence-corrected chi connectivity index (χ1v) is 11.1. The Kier molecular flexibility index (Phi) is 7.60. The molecule has 0 aliphatic rings. The number of nitrogens with zero attached hydrogens (tertiary/aromatic N) is 3. The second-order valence-electron chi connectivity index (χ2n) is 7.83. The summed E-state index contributed by atoms with van der Waals surface area (Å²) < 4.78 is 5.55. The van der Waals surface area contributed by atoms with Crippen LogP contribution in [0.1, 0.15) is 22.6 Å². The number of hydrogen-bond acceptors (Lipinski definition) is 7. The van der Waals surface area contributed by atoms with Crippen LogP contribution in [-0.2, 0) is 4.79 Å². The lowest BCUT2D eigenvalue weighted by molar-refractivity contribution is -0.394. The molecule has 0 saturated carbocycles. The maximum Gasteiger partial charge on any atom is 0.318 e. The zero-order valence-electron chi connectivity index (χ0n) is 19.3. The van der Waals surface area contributed by atoms with Gasteiger partial charge < -0.3 is 4.74 Å². The van der Waals surface area contributed by atoms with Gasteiger partial charge in [0.25, 0.3) is 11.6 Å². The molecule has 0 spiro atoms. The normalized spacial score (nSPS) is 10.8. The van der Waals surface area contributed by atoms with E-state index in [1.807, 2.05) is 60.7 Å². The maximum atomic E-state index is 13.0. The summed E-state index contributed by atoms with van der Waals surface area (Å²) in [5, 5.41) is 26.3. The molecule has 0 unspecified atom stereocenters. The summed E-state index contributed by atoms with van der Waals surface area (Å²) in [5.41, 5.74) is 3.97. The van der Waals surface area contributed by atoms with Crippen LogP contribution in [0.15, 0.2) is 108 Å². The van der Waals surface area contributed by atoms with E-state index in [1.54, 1.807) is 24.3 Å². The lowest BCUT2D eigenvalue weighted by Crippen LogP contribution is -2.26. The van der Waals surface area contributed by atoms with Crippen LogP contribution >= 0.6 is 0 Å². The highest BCUT2D eigenvalue weighted by Gasteiger charge is 2.22. The van der Waals surface area contributed by atoms with Crippen molar-refractivity contribution in [1.82, 2.24) is 5.43 Å². The molecule has 4 aromatic rings. The minimum absolute atomic E-state index is 0.128. The molecule has 0 aromatic heterocycles. The summed E-state index contributed by atoms with van der Waals surface area (Å²) >= 11 is 0. The summed E-state index contributed by atoms with van der Waals surface area (Å²) in [4.78, 5) is 33.7. The second-order valence-corrected chi connectivity index (χ2v) is 7.83. The molecular formula is C27H20N4O6. The molecule has 10 nitrogen and oxygen atoms in total. The SMILES string of the molecule is O=C(N/N=C/c1ccc(Oc2ccc([N+](=O)[O-])cc2[N+](=O)[O-])cc1)C(c1ccccc1)c1ccccc1. The Morgan fingerprint density at radius 2 is 1.41 bits per heavy atom. The number of hydrazone groups is 1. The highest BCUT2D eigenvalue weighted by atomic mass is 16.6. The van der Waals surface area contributed by atoms with Crippen molar-refractivity contribution in [3.63, 3.8) is 0 Å². The zero-order chi connectivity index (χ0) is 26.2. The third-order valence-corrected chi connectivity index (χ3v) is 5.37. The van der Waals surface area contributed by atoms with E-state index in [4.69, 9.17) is 4.74 Å². The van der Waals surface area contributed by atoms with E-state index in [-0.39, 0.29) is 17.4 Å². The minimum atomic E-state index is -0.746. The molecule has 1 N–H and O–H groups in total. The van der Waals surface area contributed by atoms with Crippen molar-refractivity contribution in [3.8, 4) is 11.5 Å². The van der Waals surface area contributed by atoms with Gasteiger partial charge in [-0.2, -0.15) is 5.10 Å². The van der Waals surface area contributed by atoms with Crippen LogP contribution in [0.4, 0.5) is 11.4 Å². The molecule has 0 radical (unpaired) electrons. The number of benzene rings is 4. The van der Waals surface area contributed by atoms with Gasteiger partial charge in [0.15, 0.2) is 0 Å². The van der Waals surface area contributed by atoms with E-state index < -0.39 is 27.1 Å². The predicted molar refractivity (Wildman–Crippen MR) is 137 cm³/mol. The first-order chi connectivity index (χ1) is 17.9. The van der Waals surface area contributed by atoms with E-state index >= 15 is 0 Å². The molecule has 4 rings (SSSR count). The van der Waals surface area contributed by atoms with Crippen LogP contribution in [0.3, 0.4) is 0 Å². The van der Waals surface area contributed by atoms with E-state index in [0.29, 0.717) is 5.56 Å². The van der Waals surface area contributed by atoms with Crippen LogP contribution in [0, 0.1) is 20.2 Å². The number of amides is 1. The van der Waals surface area contributed by atoms with Crippen molar-refractivity contribution in [2.24, 2.45) is 5.10 Å². The highest BCUT2D eigenvalue weighted by Crippen LogP contribution is 2.34. The molecule has 0 saturated heterocycles. The van der Waals surface area contributed by atoms with Crippen molar-refractivity contribution in [2.45, 2.75) is 5.92 Å². The average molecular weight is 496 g/mol. The Hall–Kier alpha value is -5.38. The molecule has 0 bridgehead atoms. The van der Waals surface area contributed by atoms with Crippen molar-refractivity contribution in [3.05, 3.63) is 140 Å². The van der Waals surface area contributed by atoms with Gasteiger partial charge in [-0.25, -0.2) is 5.43 Å². The van der Waals surface area contributed by atoms with Gasteiger partial charge in [0.2, 0.25) is 5.75 Å². The van der Waals surface area contributed by atoms with Gasteiger partial charge in [-0.1, -0.05) is 60.7 Å². The highest BCUT2D eigenvalue weighted by molar-refractivity contribution is 5.88. The van der Waals surface area contributed by atoms with E-state index in [1.165, 1.54) is 12.3 Å². The van der Waals surface area contributed by atoms with Crippen molar-refractivity contribution in [2.75, 3.05) is 0 Å².